The van der Waals surface area contributed by atoms with E-state index in [-0.39, 0.29) is 5.75 Å². The minimum atomic E-state index is 0.239. The predicted molar refractivity (Wildman–Crippen MR) is 69.7 cm³/mol. The molecule has 0 spiro atoms. The smallest absolute Gasteiger partial charge is 0.226 e. The molecule has 0 radical (unpaired) electrons. The number of rotatable bonds is 2. The van der Waals surface area contributed by atoms with Crippen LogP contribution in [-0.4, -0.2) is 20.4 Å². The summed E-state index contributed by atoms with van der Waals surface area (Å²) in [4.78, 5) is 4.31. The fraction of sp³-hybridized carbons (Fsp3) is 0.154. The first-order valence-electron chi connectivity index (χ1n) is 5.80. The maximum atomic E-state index is 9.28. The lowest BCUT2D eigenvalue weighted by Crippen LogP contribution is -2.02. The topological polar surface area (TPSA) is 98.1 Å². The summed E-state index contributed by atoms with van der Waals surface area (Å²) in [5.74, 6) is 0.239. The summed E-state index contributed by atoms with van der Waals surface area (Å²) < 4.78 is 4.65. The van der Waals surface area contributed by atoms with Crippen molar-refractivity contribution in [3.8, 4) is 5.75 Å². The van der Waals surface area contributed by atoms with E-state index in [0.29, 0.717) is 23.3 Å². The van der Waals surface area contributed by atoms with Crippen LogP contribution in [0.15, 0.2) is 28.9 Å². The number of nitrogen functional groups attached to an aromatic ring is 1. The van der Waals surface area contributed by atoms with Crippen LogP contribution in [0.25, 0.3) is 11.2 Å². The predicted octanol–water partition coefficient (Wildman–Crippen LogP) is 1.80. The van der Waals surface area contributed by atoms with Gasteiger partial charge >= 0.3 is 0 Å². The standard InChI is InChI=1S/C13H12N4O2/c1-7-10(6-8-2-4-9(18)5-3-8)11(14)12-13(15-7)17-19-16-12/h2-5,18H,6,14H2,1H3. The van der Waals surface area contributed by atoms with Gasteiger partial charge in [-0.3, -0.25) is 0 Å². The molecule has 0 saturated carbocycles. The maximum absolute atomic E-state index is 9.28. The number of fused-ring (bicyclic) bond motifs is 1. The minimum absolute atomic E-state index is 0.239. The summed E-state index contributed by atoms with van der Waals surface area (Å²) in [6, 6.07) is 6.98. The highest BCUT2D eigenvalue weighted by Gasteiger charge is 2.14. The van der Waals surface area contributed by atoms with E-state index in [1.54, 1.807) is 12.1 Å². The number of nitrogens with zero attached hydrogens (tertiary/aromatic N) is 3. The van der Waals surface area contributed by atoms with Gasteiger partial charge in [0, 0.05) is 17.7 Å². The third kappa shape index (κ3) is 1.97. The van der Waals surface area contributed by atoms with E-state index < -0.39 is 0 Å². The molecule has 96 valence electrons. The van der Waals surface area contributed by atoms with Gasteiger partial charge in [-0.15, -0.1) is 0 Å². The molecule has 3 N–H and O–H groups in total. The van der Waals surface area contributed by atoms with Gasteiger partial charge < -0.3 is 10.8 Å². The Morgan fingerprint density at radius 2 is 1.95 bits per heavy atom. The number of aromatic hydroxyl groups is 1. The molecule has 0 bridgehead atoms. The van der Waals surface area contributed by atoms with Gasteiger partial charge in [0.2, 0.25) is 5.65 Å². The van der Waals surface area contributed by atoms with Crippen molar-refractivity contribution in [3.05, 3.63) is 41.1 Å². The van der Waals surface area contributed by atoms with Crippen LogP contribution in [0.4, 0.5) is 5.69 Å². The fourth-order valence-corrected chi connectivity index (χ4v) is 2.03. The number of pyridine rings is 1. The van der Waals surface area contributed by atoms with E-state index in [4.69, 9.17) is 5.73 Å². The van der Waals surface area contributed by atoms with E-state index in [1.807, 2.05) is 19.1 Å². The zero-order chi connectivity index (χ0) is 13.4. The molecule has 3 aromatic rings. The first kappa shape index (κ1) is 11.5. The average Bonchev–Trinajstić information content (AvgIpc) is 2.85. The van der Waals surface area contributed by atoms with Crippen LogP contribution < -0.4 is 5.73 Å². The first-order valence-corrected chi connectivity index (χ1v) is 5.80. The van der Waals surface area contributed by atoms with Crippen molar-refractivity contribution in [2.45, 2.75) is 13.3 Å². The van der Waals surface area contributed by atoms with E-state index in [0.717, 1.165) is 16.8 Å². The van der Waals surface area contributed by atoms with Crippen molar-refractivity contribution in [2.24, 2.45) is 0 Å². The summed E-state index contributed by atoms with van der Waals surface area (Å²) in [5.41, 5.74) is 10.3. The average molecular weight is 256 g/mol. The molecule has 0 aliphatic rings. The zero-order valence-electron chi connectivity index (χ0n) is 10.3. The molecule has 2 aromatic heterocycles. The van der Waals surface area contributed by atoms with Gasteiger partial charge in [-0.2, -0.15) is 0 Å². The van der Waals surface area contributed by atoms with Crippen molar-refractivity contribution < 1.29 is 9.74 Å². The van der Waals surface area contributed by atoms with E-state index in [2.05, 4.69) is 19.9 Å². The molecule has 3 rings (SSSR count). The largest absolute Gasteiger partial charge is 0.508 e. The zero-order valence-corrected chi connectivity index (χ0v) is 10.3. The van der Waals surface area contributed by atoms with Gasteiger partial charge in [0.25, 0.3) is 0 Å². The van der Waals surface area contributed by atoms with Gasteiger partial charge in [0.1, 0.15) is 5.75 Å². The van der Waals surface area contributed by atoms with Crippen molar-refractivity contribution in [1.29, 1.82) is 0 Å². The van der Waals surface area contributed by atoms with Crippen molar-refractivity contribution in [3.63, 3.8) is 0 Å². The Morgan fingerprint density at radius 1 is 1.21 bits per heavy atom. The third-order valence-corrected chi connectivity index (χ3v) is 3.08. The number of benzene rings is 1. The van der Waals surface area contributed by atoms with Crippen LogP contribution in [0.3, 0.4) is 0 Å². The van der Waals surface area contributed by atoms with E-state index in [1.165, 1.54) is 0 Å². The second-order valence-electron chi connectivity index (χ2n) is 4.37. The molecule has 2 heterocycles. The second kappa shape index (κ2) is 4.24. The number of phenolic OH excluding ortho intramolecular Hbond substituents is 1. The molecule has 0 amide bonds. The summed E-state index contributed by atoms with van der Waals surface area (Å²) in [5, 5.41) is 16.7. The Bertz CT molecular complexity index is 734. The molecule has 0 saturated heterocycles. The Labute approximate surface area is 108 Å². The maximum Gasteiger partial charge on any atom is 0.226 e. The molecular weight excluding hydrogens is 244 g/mol. The lowest BCUT2D eigenvalue weighted by Gasteiger charge is -2.08. The van der Waals surface area contributed by atoms with Gasteiger partial charge in [0.05, 0.1) is 5.69 Å². The molecule has 0 atom stereocenters. The SMILES string of the molecule is Cc1nc2nonc2c(N)c1Cc1ccc(O)cc1. The van der Waals surface area contributed by atoms with Crippen LogP contribution in [0.1, 0.15) is 16.8 Å². The van der Waals surface area contributed by atoms with Crippen molar-refractivity contribution >= 4 is 16.9 Å². The molecule has 6 heteroatoms. The highest BCUT2D eigenvalue weighted by atomic mass is 16.6. The Balaban J connectivity index is 2.06. The Morgan fingerprint density at radius 3 is 2.68 bits per heavy atom. The van der Waals surface area contributed by atoms with Crippen molar-refractivity contribution in [2.75, 3.05) is 5.73 Å². The number of aromatic nitrogens is 3. The lowest BCUT2D eigenvalue weighted by atomic mass is 10.0. The molecule has 0 fully saturated rings. The number of phenols is 1. The summed E-state index contributed by atoms with van der Waals surface area (Å²) in [7, 11) is 0. The molecular formula is C13H12N4O2. The quantitative estimate of drug-likeness (QED) is 0.725. The lowest BCUT2D eigenvalue weighted by molar-refractivity contribution is 0.315. The second-order valence-corrected chi connectivity index (χ2v) is 4.37. The summed E-state index contributed by atoms with van der Waals surface area (Å²) in [6.07, 6.45) is 0.619. The van der Waals surface area contributed by atoms with Gasteiger partial charge in [0.15, 0.2) is 5.52 Å². The van der Waals surface area contributed by atoms with Gasteiger partial charge in [-0.25, -0.2) is 9.61 Å². The van der Waals surface area contributed by atoms with Crippen LogP contribution in [0, 0.1) is 6.92 Å². The minimum Gasteiger partial charge on any atom is -0.508 e. The fourth-order valence-electron chi connectivity index (χ4n) is 2.03. The van der Waals surface area contributed by atoms with Crippen LogP contribution in [-0.2, 0) is 6.42 Å². The van der Waals surface area contributed by atoms with Crippen LogP contribution in [0.5, 0.6) is 5.75 Å². The molecule has 0 unspecified atom stereocenters. The number of aryl methyl sites for hydroxylation is 1. The van der Waals surface area contributed by atoms with Gasteiger partial charge in [-0.05, 0) is 34.9 Å². The normalized spacial score (nSPS) is 11.0. The number of anilines is 1. The first-order chi connectivity index (χ1) is 9.15. The van der Waals surface area contributed by atoms with Crippen LogP contribution >= 0.6 is 0 Å². The monoisotopic (exact) mass is 256 g/mol. The van der Waals surface area contributed by atoms with Crippen LogP contribution in [0.2, 0.25) is 0 Å². The molecule has 6 nitrogen and oxygen atoms in total. The van der Waals surface area contributed by atoms with E-state index in [9.17, 15) is 5.11 Å². The molecule has 0 aliphatic carbocycles. The molecule has 19 heavy (non-hydrogen) atoms. The van der Waals surface area contributed by atoms with E-state index >= 15 is 0 Å². The summed E-state index contributed by atoms with van der Waals surface area (Å²) >= 11 is 0. The van der Waals surface area contributed by atoms with Gasteiger partial charge in [-0.1, -0.05) is 12.1 Å². The highest BCUT2D eigenvalue weighted by Crippen LogP contribution is 2.26. The number of nitrogens with two attached hydrogens (primary N) is 1. The third-order valence-electron chi connectivity index (χ3n) is 3.08. The molecule has 0 aliphatic heterocycles. The molecule has 1 aromatic carbocycles. The highest BCUT2D eigenvalue weighted by molar-refractivity contribution is 5.85. The summed E-state index contributed by atoms with van der Waals surface area (Å²) in [6.45, 7) is 1.88. The van der Waals surface area contributed by atoms with Crippen molar-refractivity contribution in [1.82, 2.24) is 15.3 Å². The Kier molecular flexibility index (Phi) is 2.56. The number of hydrogen-bond acceptors (Lipinski definition) is 6. The number of hydrogen-bond donors (Lipinski definition) is 2. The Hall–Kier alpha value is -2.63.